The van der Waals surface area contributed by atoms with E-state index in [-0.39, 0.29) is 20.6 Å². The lowest BCUT2D eigenvalue weighted by Crippen LogP contribution is -2.41. The zero-order valence-corrected chi connectivity index (χ0v) is 16.4. The number of aromatic nitrogens is 1. The molecule has 8 nitrogen and oxygen atoms in total. The van der Waals surface area contributed by atoms with E-state index in [0.29, 0.717) is 31.4 Å². The average Bonchev–Trinajstić information content (AvgIpc) is 3.10. The second-order valence-corrected chi connectivity index (χ2v) is 8.67. The van der Waals surface area contributed by atoms with Gasteiger partial charge >= 0.3 is 0 Å². The summed E-state index contributed by atoms with van der Waals surface area (Å²) in [6.45, 7) is 2.58. The van der Waals surface area contributed by atoms with Gasteiger partial charge in [-0.05, 0) is 18.2 Å². The number of benzene rings is 1. The molecule has 0 spiro atoms. The number of carbonyl (C=O) groups excluding carboxylic acids is 1. The quantitative estimate of drug-likeness (QED) is 0.694. The van der Waals surface area contributed by atoms with Crippen molar-refractivity contribution in [1.29, 1.82) is 0 Å². The lowest BCUT2D eigenvalue weighted by molar-refractivity contribution is 0.0940. The number of hydrogen-bond acceptors (Lipinski definition) is 7. The van der Waals surface area contributed by atoms with Gasteiger partial charge in [-0.1, -0.05) is 23.2 Å². The molecule has 140 valence electrons. The van der Waals surface area contributed by atoms with Gasteiger partial charge < -0.3 is 9.64 Å². The first kappa shape index (κ1) is 19.3. The van der Waals surface area contributed by atoms with E-state index in [2.05, 4.69) is 10.4 Å². The number of nitrogens with one attached hydrogen (secondary N) is 2. The molecule has 0 radical (unpaired) electrons. The summed E-state index contributed by atoms with van der Waals surface area (Å²) in [6.07, 6.45) is 0. The second kappa shape index (κ2) is 8.07. The molecule has 1 aliphatic rings. The van der Waals surface area contributed by atoms with Gasteiger partial charge in [0.25, 0.3) is 15.9 Å². The molecule has 0 bridgehead atoms. The monoisotopic (exact) mass is 436 g/mol. The molecule has 3 rings (SSSR count). The van der Waals surface area contributed by atoms with Crippen molar-refractivity contribution in [2.24, 2.45) is 0 Å². The Bertz CT molecular complexity index is 893. The Morgan fingerprint density at radius 3 is 2.50 bits per heavy atom. The Kier molecular flexibility index (Phi) is 6.00. The van der Waals surface area contributed by atoms with Gasteiger partial charge in [0.2, 0.25) is 0 Å². The smallest absolute Gasteiger partial charge is 0.285 e. The van der Waals surface area contributed by atoms with Gasteiger partial charge in [0.05, 0.1) is 18.1 Å². The van der Waals surface area contributed by atoms with Crippen LogP contribution in [-0.2, 0) is 14.8 Å². The van der Waals surface area contributed by atoms with Gasteiger partial charge in [0.1, 0.15) is 5.69 Å². The van der Waals surface area contributed by atoms with E-state index in [4.69, 9.17) is 27.9 Å². The van der Waals surface area contributed by atoms with Crippen LogP contribution in [0.5, 0.6) is 0 Å². The standard InChI is InChI=1S/C14H14Cl2N4O4S2/c15-9-5-10(16)7-11(6-9)26(22,23)19-18-13(21)12-8-25-14(17-12)20-1-3-24-4-2-20/h5-8,19H,1-4H2,(H,18,21). The largest absolute Gasteiger partial charge is 0.378 e. The van der Waals surface area contributed by atoms with Gasteiger partial charge in [-0.25, -0.2) is 13.4 Å². The number of hydrazine groups is 1. The molecule has 0 aliphatic carbocycles. The van der Waals surface area contributed by atoms with E-state index in [1.54, 1.807) is 5.38 Å². The molecule has 12 heteroatoms. The minimum atomic E-state index is -4.02. The van der Waals surface area contributed by atoms with Crippen LogP contribution in [0.25, 0.3) is 0 Å². The summed E-state index contributed by atoms with van der Waals surface area (Å²) in [4.78, 5) is 20.2. The summed E-state index contributed by atoms with van der Waals surface area (Å²) in [6, 6.07) is 3.85. The van der Waals surface area contributed by atoms with Gasteiger partial charge in [0, 0.05) is 28.5 Å². The van der Waals surface area contributed by atoms with E-state index < -0.39 is 15.9 Å². The van der Waals surface area contributed by atoms with Crippen LogP contribution in [0, 0.1) is 0 Å². The number of amides is 1. The molecular weight excluding hydrogens is 423 g/mol. The highest BCUT2D eigenvalue weighted by Gasteiger charge is 2.20. The molecule has 1 fully saturated rings. The van der Waals surface area contributed by atoms with Crippen LogP contribution in [0.15, 0.2) is 28.5 Å². The van der Waals surface area contributed by atoms with Gasteiger partial charge in [-0.3, -0.25) is 10.2 Å². The molecule has 1 aliphatic heterocycles. The van der Waals surface area contributed by atoms with Crippen LogP contribution in [0.1, 0.15) is 10.5 Å². The third-order valence-electron chi connectivity index (χ3n) is 3.45. The lowest BCUT2D eigenvalue weighted by atomic mass is 10.4. The molecule has 1 saturated heterocycles. The van der Waals surface area contributed by atoms with Crippen molar-refractivity contribution in [3.05, 3.63) is 39.3 Å². The lowest BCUT2D eigenvalue weighted by Gasteiger charge is -2.25. The number of sulfonamides is 1. The Morgan fingerprint density at radius 1 is 1.19 bits per heavy atom. The zero-order valence-electron chi connectivity index (χ0n) is 13.2. The topological polar surface area (TPSA) is 101 Å². The third-order valence-corrected chi connectivity index (χ3v) is 6.02. The average molecular weight is 437 g/mol. The molecule has 1 aromatic heterocycles. The van der Waals surface area contributed by atoms with E-state index >= 15 is 0 Å². The molecule has 1 amide bonds. The zero-order chi connectivity index (χ0) is 18.7. The maximum absolute atomic E-state index is 12.2. The van der Waals surface area contributed by atoms with Crippen LogP contribution < -0.4 is 15.2 Å². The highest BCUT2D eigenvalue weighted by Crippen LogP contribution is 2.23. The summed E-state index contributed by atoms with van der Waals surface area (Å²) in [5, 5.41) is 2.57. The highest BCUT2D eigenvalue weighted by molar-refractivity contribution is 7.89. The number of rotatable bonds is 5. The van der Waals surface area contributed by atoms with Crippen molar-refractivity contribution >= 4 is 55.6 Å². The molecule has 26 heavy (non-hydrogen) atoms. The summed E-state index contributed by atoms with van der Waals surface area (Å²) in [5.74, 6) is -0.669. The van der Waals surface area contributed by atoms with Crippen LogP contribution in [-0.4, -0.2) is 45.6 Å². The van der Waals surface area contributed by atoms with Crippen LogP contribution in [0.4, 0.5) is 5.13 Å². The number of hydrogen-bond donors (Lipinski definition) is 2. The SMILES string of the molecule is O=C(NNS(=O)(=O)c1cc(Cl)cc(Cl)c1)c1csc(N2CCOCC2)n1. The molecular formula is C14H14Cl2N4O4S2. The maximum atomic E-state index is 12.2. The van der Waals surface area contributed by atoms with Crippen molar-refractivity contribution in [3.8, 4) is 0 Å². The number of thiazole rings is 1. The Morgan fingerprint density at radius 2 is 1.85 bits per heavy atom. The summed E-state index contributed by atoms with van der Waals surface area (Å²) < 4.78 is 29.8. The number of anilines is 1. The first-order valence-corrected chi connectivity index (χ1v) is 10.5. The molecule has 0 saturated carbocycles. The first-order valence-electron chi connectivity index (χ1n) is 7.41. The number of morpholine rings is 1. The van der Waals surface area contributed by atoms with Crippen LogP contribution in [0.2, 0.25) is 10.0 Å². The number of nitrogens with zero attached hydrogens (tertiary/aromatic N) is 2. The van der Waals surface area contributed by atoms with Gasteiger partial charge in [-0.15, -0.1) is 16.2 Å². The van der Waals surface area contributed by atoms with Crippen molar-refractivity contribution in [1.82, 2.24) is 15.2 Å². The number of carbonyl (C=O) groups is 1. The Labute approximate surface area is 164 Å². The Hall–Kier alpha value is -1.43. The molecule has 1 aromatic carbocycles. The first-order chi connectivity index (χ1) is 12.3. The molecule has 2 N–H and O–H groups in total. The van der Waals surface area contributed by atoms with E-state index in [1.165, 1.54) is 29.5 Å². The fraction of sp³-hybridized carbons (Fsp3) is 0.286. The van der Waals surface area contributed by atoms with Crippen molar-refractivity contribution in [3.63, 3.8) is 0 Å². The predicted octanol–water partition coefficient (Wildman–Crippen LogP) is 1.91. The van der Waals surface area contributed by atoms with Crippen molar-refractivity contribution in [2.75, 3.05) is 31.2 Å². The maximum Gasteiger partial charge on any atom is 0.285 e. The van der Waals surface area contributed by atoms with Crippen molar-refractivity contribution < 1.29 is 17.9 Å². The fourth-order valence-corrected chi connectivity index (χ4v) is 4.61. The van der Waals surface area contributed by atoms with Gasteiger partial charge in [0.15, 0.2) is 5.13 Å². The fourth-order valence-electron chi connectivity index (χ4n) is 2.19. The summed E-state index contributed by atoms with van der Waals surface area (Å²) in [5.41, 5.74) is 2.24. The summed E-state index contributed by atoms with van der Waals surface area (Å²) >= 11 is 12.9. The minimum Gasteiger partial charge on any atom is -0.378 e. The van der Waals surface area contributed by atoms with E-state index in [0.717, 1.165) is 0 Å². The van der Waals surface area contributed by atoms with Gasteiger partial charge in [-0.2, -0.15) is 0 Å². The van der Waals surface area contributed by atoms with Crippen LogP contribution in [0.3, 0.4) is 0 Å². The third kappa shape index (κ3) is 4.64. The highest BCUT2D eigenvalue weighted by atomic mass is 35.5. The summed E-state index contributed by atoms with van der Waals surface area (Å²) in [7, 11) is -4.02. The second-order valence-electron chi connectivity index (χ2n) is 5.28. The molecule has 2 heterocycles. The van der Waals surface area contributed by atoms with E-state index in [9.17, 15) is 13.2 Å². The molecule has 2 aromatic rings. The Balaban J connectivity index is 1.65. The molecule has 0 atom stereocenters. The van der Waals surface area contributed by atoms with Crippen molar-refractivity contribution in [2.45, 2.75) is 4.90 Å². The number of ether oxygens (including phenoxy) is 1. The van der Waals surface area contributed by atoms with Crippen LogP contribution >= 0.6 is 34.5 Å². The molecule has 0 unspecified atom stereocenters. The van der Waals surface area contributed by atoms with E-state index in [1.807, 2.05) is 9.73 Å². The minimum absolute atomic E-state index is 0.114. The normalized spacial score (nSPS) is 15.1. The number of halogens is 2. The predicted molar refractivity (Wildman–Crippen MR) is 99.4 cm³/mol.